The summed E-state index contributed by atoms with van der Waals surface area (Å²) < 4.78 is 5.30. The van der Waals surface area contributed by atoms with Crippen LogP contribution in [0.25, 0.3) is 0 Å². The summed E-state index contributed by atoms with van der Waals surface area (Å²) in [7, 11) is 3.64. The summed E-state index contributed by atoms with van der Waals surface area (Å²) in [6, 6.07) is 11.6. The topological polar surface area (TPSA) is 51.4 Å². The number of rotatable bonds is 4. The van der Waals surface area contributed by atoms with Gasteiger partial charge in [-0.3, -0.25) is 0 Å². The highest BCUT2D eigenvalue weighted by Gasteiger charge is 2.09. The molecule has 1 aromatic heterocycles. The second-order valence-corrected chi connectivity index (χ2v) is 4.13. The molecule has 0 spiro atoms. The van der Waals surface area contributed by atoms with Crippen LogP contribution in [0, 0.1) is 0 Å². The Hall–Kier alpha value is -2.23. The number of aromatic nitrogens is 1. The van der Waals surface area contributed by atoms with Crippen molar-refractivity contribution in [1.29, 1.82) is 0 Å². The summed E-state index contributed by atoms with van der Waals surface area (Å²) >= 11 is 0. The number of hydrogen-bond acceptors (Lipinski definition) is 4. The first-order chi connectivity index (χ1) is 8.70. The number of nitrogen functional groups attached to an aromatic ring is 1. The van der Waals surface area contributed by atoms with Crippen molar-refractivity contribution >= 4 is 11.5 Å². The summed E-state index contributed by atoms with van der Waals surface area (Å²) in [6.45, 7) is 0.758. The predicted molar refractivity (Wildman–Crippen MR) is 73.8 cm³/mol. The van der Waals surface area contributed by atoms with Crippen molar-refractivity contribution in [2.75, 3.05) is 24.8 Å². The van der Waals surface area contributed by atoms with Crippen molar-refractivity contribution in [2.45, 2.75) is 6.54 Å². The van der Waals surface area contributed by atoms with E-state index in [9.17, 15) is 0 Å². The average Bonchev–Trinajstić information content (AvgIpc) is 2.41. The molecule has 2 rings (SSSR count). The lowest BCUT2D eigenvalue weighted by atomic mass is 10.2. The van der Waals surface area contributed by atoms with Crippen LogP contribution in [0.5, 0.6) is 5.75 Å². The number of methoxy groups -OCH3 is 1. The van der Waals surface area contributed by atoms with Gasteiger partial charge in [-0.1, -0.05) is 12.1 Å². The van der Waals surface area contributed by atoms with Gasteiger partial charge in [0.25, 0.3) is 0 Å². The van der Waals surface area contributed by atoms with E-state index in [1.807, 2.05) is 48.3 Å². The van der Waals surface area contributed by atoms with Gasteiger partial charge in [0.05, 0.1) is 7.11 Å². The highest BCUT2D eigenvalue weighted by molar-refractivity contribution is 5.52. The third-order valence-electron chi connectivity index (χ3n) is 2.73. The minimum atomic E-state index is 0.758. The molecule has 0 aliphatic heterocycles. The first-order valence-corrected chi connectivity index (χ1v) is 5.75. The van der Waals surface area contributed by atoms with Crippen LogP contribution in [0.2, 0.25) is 0 Å². The molecule has 0 fully saturated rings. The van der Waals surface area contributed by atoms with Crippen LogP contribution in [-0.2, 0) is 6.54 Å². The van der Waals surface area contributed by atoms with Crippen LogP contribution < -0.4 is 15.4 Å². The van der Waals surface area contributed by atoms with Crippen molar-refractivity contribution in [1.82, 2.24) is 4.98 Å². The molecule has 1 heterocycles. The molecule has 4 heteroatoms. The second kappa shape index (κ2) is 5.40. The predicted octanol–water partition coefficient (Wildman–Crippen LogP) is 2.31. The standard InChI is InChI=1S/C14H17N3O/c1-17(10-11-5-7-12(15)8-6-11)14-13(18-2)4-3-9-16-14/h3-9H,10,15H2,1-2H3. The third-order valence-corrected chi connectivity index (χ3v) is 2.73. The van der Waals surface area contributed by atoms with Crippen LogP contribution in [0.15, 0.2) is 42.6 Å². The molecular formula is C14H17N3O. The molecule has 0 aliphatic rings. The van der Waals surface area contributed by atoms with Gasteiger partial charge in [0, 0.05) is 25.5 Å². The molecule has 2 N–H and O–H groups in total. The number of ether oxygens (including phenoxy) is 1. The van der Waals surface area contributed by atoms with Crippen molar-refractivity contribution in [3.8, 4) is 5.75 Å². The van der Waals surface area contributed by atoms with Gasteiger partial charge in [-0.2, -0.15) is 0 Å². The molecule has 0 bridgehead atoms. The molecule has 0 saturated heterocycles. The van der Waals surface area contributed by atoms with Gasteiger partial charge < -0.3 is 15.4 Å². The lowest BCUT2D eigenvalue weighted by Gasteiger charge is -2.20. The zero-order valence-corrected chi connectivity index (χ0v) is 10.6. The fraction of sp³-hybridized carbons (Fsp3) is 0.214. The van der Waals surface area contributed by atoms with E-state index in [1.165, 1.54) is 5.56 Å². The Balaban J connectivity index is 2.16. The van der Waals surface area contributed by atoms with Crippen LogP contribution in [0.4, 0.5) is 11.5 Å². The smallest absolute Gasteiger partial charge is 0.171 e. The van der Waals surface area contributed by atoms with E-state index < -0.39 is 0 Å². The molecule has 0 unspecified atom stereocenters. The number of benzene rings is 1. The first kappa shape index (κ1) is 12.2. The van der Waals surface area contributed by atoms with Gasteiger partial charge >= 0.3 is 0 Å². The first-order valence-electron chi connectivity index (χ1n) is 5.75. The molecule has 18 heavy (non-hydrogen) atoms. The van der Waals surface area contributed by atoms with E-state index >= 15 is 0 Å². The Labute approximate surface area is 107 Å². The molecule has 0 atom stereocenters. The highest BCUT2D eigenvalue weighted by Crippen LogP contribution is 2.24. The summed E-state index contributed by atoms with van der Waals surface area (Å²) in [5.74, 6) is 1.60. The fourth-order valence-electron chi connectivity index (χ4n) is 1.80. The summed E-state index contributed by atoms with van der Waals surface area (Å²) in [6.07, 6.45) is 1.76. The summed E-state index contributed by atoms with van der Waals surface area (Å²) in [4.78, 5) is 6.39. The number of nitrogens with two attached hydrogens (primary N) is 1. The summed E-state index contributed by atoms with van der Waals surface area (Å²) in [5.41, 5.74) is 7.62. The van der Waals surface area contributed by atoms with Crippen LogP contribution >= 0.6 is 0 Å². The Kier molecular flexibility index (Phi) is 3.67. The summed E-state index contributed by atoms with van der Waals surface area (Å²) in [5, 5.41) is 0. The van der Waals surface area contributed by atoms with E-state index in [-0.39, 0.29) is 0 Å². The van der Waals surface area contributed by atoms with Crippen molar-refractivity contribution in [3.63, 3.8) is 0 Å². The lowest BCUT2D eigenvalue weighted by molar-refractivity contribution is 0.413. The quantitative estimate of drug-likeness (QED) is 0.837. The van der Waals surface area contributed by atoms with Gasteiger partial charge in [-0.25, -0.2) is 4.98 Å². The second-order valence-electron chi connectivity index (χ2n) is 4.13. The van der Waals surface area contributed by atoms with Crippen LogP contribution in [0.3, 0.4) is 0 Å². The van der Waals surface area contributed by atoms with Crippen molar-refractivity contribution in [2.24, 2.45) is 0 Å². The molecule has 2 aromatic rings. The molecule has 0 radical (unpaired) electrons. The third kappa shape index (κ3) is 2.71. The molecule has 0 amide bonds. The van der Waals surface area contributed by atoms with Gasteiger partial charge in [0.15, 0.2) is 11.6 Å². The Morgan fingerprint density at radius 3 is 2.61 bits per heavy atom. The van der Waals surface area contributed by atoms with E-state index in [2.05, 4.69) is 4.98 Å². The zero-order valence-electron chi connectivity index (χ0n) is 10.6. The fourth-order valence-corrected chi connectivity index (χ4v) is 1.80. The number of nitrogens with zero attached hydrogens (tertiary/aromatic N) is 2. The largest absolute Gasteiger partial charge is 0.493 e. The van der Waals surface area contributed by atoms with Crippen LogP contribution in [-0.4, -0.2) is 19.1 Å². The van der Waals surface area contributed by atoms with Crippen molar-refractivity contribution < 1.29 is 4.74 Å². The normalized spacial score (nSPS) is 10.1. The minimum Gasteiger partial charge on any atom is -0.493 e. The van der Waals surface area contributed by atoms with E-state index in [4.69, 9.17) is 10.5 Å². The molecular weight excluding hydrogens is 226 g/mol. The molecule has 1 aromatic carbocycles. The maximum Gasteiger partial charge on any atom is 0.171 e. The molecule has 0 saturated carbocycles. The maximum atomic E-state index is 5.67. The Morgan fingerprint density at radius 2 is 1.94 bits per heavy atom. The SMILES string of the molecule is COc1cccnc1N(C)Cc1ccc(N)cc1. The number of pyridine rings is 1. The Morgan fingerprint density at radius 1 is 1.22 bits per heavy atom. The molecule has 0 aliphatic carbocycles. The highest BCUT2D eigenvalue weighted by atomic mass is 16.5. The zero-order chi connectivity index (χ0) is 13.0. The van der Waals surface area contributed by atoms with Crippen molar-refractivity contribution in [3.05, 3.63) is 48.2 Å². The monoisotopic (exact) mass is 243 g/mol. The van der Waals surface area contributed by atoms with E-state index in [0.717, 1.165) is 23.8 Å². The van der Waals surface area contributed by atoms with Gasteiger partial charge in [-0.15, -0.1) is 0 Å². The van der Waals surface area contributed by atoms with E-state index in [0.29, 0.717) is 0 Å². The minimum absolute atomic E-state index is 0.758. The molecule has 94 valence electrons. The Bertz CT molecular complexity index is 511. The lowest BCUT2D eigenvalue weighted by Crippen LogP contribution is -2.18. The van der Waals surface area contributed by atoms with Gasteiger partial charge in [-0.05, 0) is 29.8 Å². The van der Waals surface area contributed by atoms with Gasteiger partial charge in [0.2, 0.25) is 0 Å². The number of anilines is 2. The van der Waals surface area contributed by atoms with Crippen LogP contribution in [0.1, 0.15) is 5.56 Å². The average molecular weight is 243 g/mol. The number of hydrogen-bond donors (Lipinski definition) is 1. The maximum absolute atomic E-state index is 5.67. The van der Waals surface area contributed by atoms with Gasteiger partial charge in [0.1, 0.15) is 0 Å². The molecule has 4 nitrogen and oxygen atoms in total. The van der Waals surface area contributed by atoms with E-state index in [1.54, 1.807) is 13.3 Å².